The van der Waals surface area contributed by atoms with Gasteiger partial charge in [0.2, 0.25) is 0 Å². The van der Waals surface area contributed by atoms with Crippen LogP contribution in [0.1, 0.15) is 10.4 Å². The highest BCUT2D eigenvalue weighted by molar-refractivity contribution is 7.91. The van der Waals surface area contributed by atoms with E-state index in [9.17, 15) is 8.42 Å². The zero-order chi connectivity index (χ0) is 15.5. The number of sulfonamides is 1. The van der Waals surface area contributed by atoms with Gasteiger partial charge in [-0.25, -0.2) is 8.42 Å². The molecule has 2 rings (SSSR count). The molecule has 0 fully saturated rings. The van der Waals surface area contributed by atoms with Crippen LogP contribution < -0.4 is 4.74 Å². The average Bonchev–Trinajstić information content (AvgIpc) is 2.97. The maximum Gasteiger partial charge on any atom is 0.252 e. The first-order valence-electron chi connectivity index (χ1n) is 6.26. The summed E-state index contributed by atoms with van der Waals surface area (Å²) in [7, 11) is -0.440. The molecule has 0 aliphatic heterocycles. The van der Waals surface area contributed by atoms with Gasteiger partial charge in [-0.15, -0.1) is 11.3 Å². The van der Waals surface area contributed by atoms with E-state index in [2.05, 4.69) is 0 Å². The van der Waals surface area contributed by atoms with Gasteiger partial charge in [0.05, 0.1) is 13.7 Å². The molecular formula is C14H17NO4S2. The number of thiophene rings is 1. The van der Waals surface area contributed by atoms with E-state index in [1.54, 1.807) is 19.2 Å². The summed E-state index contributed by atoms with van der Waals surface area (Å²) < 4.78 is 31.5. The second kappa shape index (κ2) is 6.57. The summed E-state index contributed by atoms with van der Waals surface area (Å²) in [5.41, 5.74) is 0.847. The minimum atomic E-state index is -3.55. The van der Waals surface area contributed by atoms with Crippen LogP contribution in [0.15, 0.2) is 40.6 Å². The highest BCUT2D eigenvalue weighted by Gasteiger charge is 2.23. The van der Waals surface area contributed by atoms with Gasteiger partial charge >= 0.3 is 0 Å². The fourth-order valence-electron chi connectivity index (χ4n) is 1.85. The lowest BCUT2D eigenvalue weighted by atomic mass is 10.2. The molecule has 21 heavy (non-hydrogen) atoms. The van der Waals surface area contributed by atoms with Crippen molar-refractivity contribution in [2.24, 2.45) is 0 Å². The zero-order valence-corrected chi connectivity index (χ0v) is 13.4. The summed E-state index contributed by atoms with van der Waals surface area (Å²) in [5, 5.41) is 9.04. The van der Waals surface area contributed by atoms with Crippen LogP contribution in [0, 0.1) is 0 Å². The molecule has 0 unspecified atom stereocenters. The SMILES string of the molecule is COc1cccc(CN(C)S(=O)(=O)c2ccc(CO)s2)c1. The van der Waals surface area contributed by atoms with Gasteiger partial charge < -0.3 is 9.84 Å². The second-order valence-electron chi connectivity index (χ2n) is 4.49. The van der Waals surface area contributed by atoms with Crippen molar-refractivity contribution in [3.8, 4) is 5.75 Å². The normalized spacial score (nSPS) is 11.8. The van der Waals surface area contributed by atoms with Crippen molar-refractivity contribution < 1.29 is 18.3 Å². The van der Waals surface area contributed by atoms with Crippen molar-refractivity contribution >= 4 is 21.4 Å². The van der Waals surface area contributed by atoms with Crippen molar-refractivity contribution in [2.45, 2.75) is 17.4 Å². The molecule has 0 aliphatic carbocycles. The maximum absolute atomic E-state index is 12.4. The highest BCUT2D eigenvalue weighted by atomic mass is 32.2. The summed E-state index contributed by atoms with van der Waals surface area (Å²) in [4.78, 5) is 0.628. The molecule has 1 heterocycles. The van der Waals surface area contributed by atoms with Crippen LogP contribution in [0.5, 0.6) is 5.75 Å². The molecule has 1 aromatic heterocycles. The number of benzene rings is 1. The first-order valence-corrected chi connectivity index (χ1v) is 8.52. The van der Waals surface area contributed by atoms with E-state index < -0.39 is 10.0 Å². The van der Waals surface area contributed by atoms with Crippen molar-refractivity contribution in [2.75, 3.05) is 14.2 Å². The van der Waals surface area contributed by atoms with Gasteiger partial charge in [0.1, 0.15) is 9.96 Å². The quantitative estimate of drug-likeness (QED) is 0.882. The van der Waals surface area contributed by atoms with E-state index in [1.165, 1.54) is 17.4 Å². The van der Waals surface area contributed by atoms with Gasteiger partial charge in [-0.2, -0.15) is 4.31 Å². The number of hydrogen-bond donors (Lipinski definition) is 1. The van der Waals surface area contributed by atoms with Crippen molar-refractivity contribution in [3.63, 3.8) is 0 Å². The van der Waals surface area contributed by atoms with Crippen LogP contribution in [0.3, 0.4) is 0 Å². The third kappa shape index (κ3) is 3.62. The first-order chi connectivity index (χ1) is 9.97. The lowest BCUT2D eigenvalue weighted by Gasteiger charge is -2.16. The van der Waals surface area contributed by atoms with Crippen LogP contribution in [0.4, 0.5) is 0 Å². The fraction of sp³-hybridized carbons (Fsp3) is 0.286. The van der Waals surface area contributed by atoms with Crippen LogP contribution in [0.25, 0.3) is 0 Å². The third-order valence-corrected chi connectivity index (χ3v) is 6.34. The number of hydrogen-bond acceptors (Lipinski definition) is 5. The topological polar surface area (TPSA) is 66.8 Å². The molecule has 1 N–H and O–H groups in total. The maximum atomic E-state index is 12.4. The highest BCUT2D eigenvalue weighted by Crippen LogP contribution is 2.25. The van der Waals surface area contributed by atoms with E-state index in [-0.39, 0.29) is 17.4 Å². The van der Waals surface area contributed by atoms with E-state index >= 15 is 0 Å². The Morgan fingerprint density at radius 3 is 2.67 bits per heavy atom. The predicted molar refractivity (Wildman–Crippen MR) is 81.9 cm³/mol. The van der Waals surface area contributed by atoms with Crippen molar-refractivity contribution in [1.82, 2.24) is 4.31 Å². The Balaban J connectivity index is 2.19. The number of rotatable bonds is 6. The molecule has 7 heteroatoms. The van der Waals surface area contributed by atoms with Crippen LogP contribution in [-0.4, -0.2) is 32.0 Å². The summed E-state index contributed by atoms with van der Waals surface area (Å²) in [6, 6.07) is 10.4. The Labute approximate surface area is 128 Å². The standard InChI is InChI=1S/C14H17NO4S2/c1-15(9-11-4-3-5-12(8-11)19-2)21(17,18)14-7-6-13(10-16)20-14/h3-8,16H,9-10H2,1-2H3. The fourth-order valence-corrected chi connectivity index (χ4v) is 4.43. The minimum absolute atomic E-state index is 0.153. The van der Waals surface area contributed by atoms with Gasteiger partial charge in [-0.1, -0.05) is 12.1 Å². The molecule has 0 saturated carbocycles. The Bertz CT molecular complexity index is 709. The second-order valence-corrected chi connectivity index (χ2v) is 7.93. The van der Waals surface area contributed by atoms with Gasteiger partial charge in [0.15, 0.2) is 0 Å². The molecule has 0 aliphatic rings. The van der Waals surface area contributed by atoms with E-state index in [0.717, 1.165) is 16.9 Å². The average molecular weight is 327 g/mol. The minimum Gasteiger partial charge on any atom is -0.497 e. The van der Waals surface area contributed by atoms with Gasteiger partial charge in [-0.3, -0.25) is 0 Å². The van der Waals surface area contributed by atoms with Gasteiger partial charge in [0, 0.05) is 18.5 Å². The molecule has 0 amide bonds. The molecule has 0 bridgehead atoms. The molecule has 0 spiro atoms. The molecule has 0 saturated heterocycles. The molecule has 0 radical (unpaired) electrons. The Morgan fingerprint density at radius 2 is 2.05 bits per heavy atom. The number of nitrogens with zero attached hydrogens (tertiary/aromatic N) is 1. The number of aliphatic hydroxyl groups excluding tert-OH is 1. The predicted octanol–water partition coefficient (Wildman–Crippen LogP) is 2.07. The van der Waals surface area contributed by atoms with Crippen molar-refractivity contribution in [3.05, 3.63) is 46.8 Å². The Morgan fingerprint density at radius 1 is 1.29 bits per heavy atom. The van der Waals surface area contributed by atoms with Crippen molar-refractivity contribution in [1.29, 1.82) is 0 Å². The molecule has 114 valence electrons. The van der Waals surface area contributed by atoms with Crippen LogP contribution >= 0.6 is 11.3 Å². The Kier molecular flexibility index (Phi) is 5.00. The summed E-state index contributed by atoms with van der Waals surface area (Å²) in [6.45, 7) is 0.103. The monoisotopic (exact) mass is 327 g/mol. The largest absolute Gasteiger partial charge is 0.497 e. The van der Waals surface area contributed by atoms with Crippen LogP contribution in [-0.2, 0) is 23.2 Å². The third-order valence-electron chi connectivity index (χ3n) is 3.00. The number of methoxy groups -OCH3 is 1. The molecule has 0 atom stereocenters. The summed E-state index contributed by atoms with van der Waals surface area (Å²) in [5.74, 6) is 0.692. The Hall–Kier alpha value is -1.41. The van der Waals surface area contributed by atoms with Gasteiger partial charge in [-0.05, 0) is 29.8 Å². The van der Waals surface area contributed by atoms with Gasteiger partial charge in [0.25, 0.3) is 10.0 Å². The van der Waals surface area contributed by atoms with E-state index in [4.69, 9.17) is 9.84 Å². The number of ether oxygens (including phenoxy) is 1. The zero-order valence-electron chi connectivity index (χ0n) is 11.8. The number of aliphatic hydroxyl groups is 1. The molecule has 5 nitrogen and oxygen atoms in total. The molecule has 2 aromatic rings. The van der Waals surface area contributed by atoms with E-state index in [0.29, 0.717) is 10.6 Å². The lowest BCUT2D eigenvalue weighted by Crippen LogP contribution is -2.25. The first kappa shape index (κ1) is 16.0. The van der Waals surface area contributed by atoms with Crippen LogP contribution in [0.2, 0.25) is 0 Å². The summed E-state index contributed by atoms with van der Waals surface area (Å²) >= 11 is 1.08. The van der Waals surface area contributed by atoms with E-state index in [1.807, 2.05) is 18.2 Å². The smallest absolute Gasteiger partial charge is 0.252 e. The summed E-state index contributed by atoms with van der Waals surface area (Å²) in [6.07, 6.45) is 0. The molecular weight excluding hydrogens is 310 g/mol. The lowest BCUT2D eigenvalue weighted by molar-refractivity contribution is 0.285. The molecule has 1 aromatic carbocycles.